The first kappa shape index (κ1) is 18.8. The first-order chi connectivity index (χ1) is 12.7. The number of hydrogen-bond acceptors (Lipinski definition) is 2. The third kappa shape index (κ3) is 3.74. The first-order valence-corrected chi connectivity index (χ1v) is 8.30. The smallest absolute Gasteiger partial charge is 0.322 e. The topological polar surface area (TPSA) is 59.0 Å². The third-order valence-corrected chi connectivity index (χ3v) is 4.49. The van der Waals surface area contributed by atoms with E-state index in [1.807, 2.05) is 18.2 Å². The minimum Gasteiger partial charge on any atom is -0.322 e. The molecule has 1 atom stereocenters. The Morgan fingerprint density at radius 1 is 1.11 bits per heavy atom. The Bertz CT molecular complexity index is 989. The van der Waals surface area contributed by atoms with Crippen molar-refractivity contribution < 1.29 is 18.0 Å². The van der Waals surface area contributed by atoms with Crippen LogP contribution in [0.1, 0.15) is 23.0 Å². The predicted octanol–water partition coefficient (Wildman–Crippen LogP) is 4.62. The zero-order chi connectivity index (χ0) is 19.8. The lowest BCUT2D eigenvalue weighted by molar-refractivity contribution is -0.155. The average molecular weight is 376 g/mol. The van der Waals surface area contributed by atoms with E-state index >= 15 is 0 Å². The summed E-state index contributed by atoms with van der Waals surface area (Å²) in [5, 5.41) is 10.2. The molecule has 0 unspecified atom stereocenters. The fourth-order valence-corrected chi connectivity index (χ4v) is 3.15. The molecule has 0 aliphatic carbocycles. The molecule has 2 N–H and O–H groups in total. The molecule has 0 aliphatic heterocycles. The van der Waals surface area contributed by atoms with Crippen molar-refractivity contribution in [2.24, 2.45) is 7.05 Å². The molecule has 142 valence electrons. The SMILES string of the molecule is Cc1nn(C)c(C)c1[C@H](NC(=O)Nc1cccc2ccccc12)C(F)(F)F. The van der Waals surface area contributed by atoms with Gasteiger partial charge in [-0.25, -0.2) is 4.79 Å². The number of urea groups is 1. The molecule has 8 heteroatoms. The van der Waals surface area contributed by atoms with Crippen molar-refractivity contribution in [3.05, 3.63) is 59.4 Å². The minimum atomic E-state index is -4.66. The molecule has 2 aromatic carbocycles. The second-order valence-corrected chi connectivity index (χ2v) is 6.31. The number of rotatable bonds is 3. The maximum absolute atomic E-state index is 13.6. The normalized spacial score (nSPS) is 12.8. The van der Waals surface area contributed by atoms with Gasteiger partial charge < -0.3 is 10.6 Å². The highest BCUT2D eigenvalue weighted by molar-refractivity contribution is 6.01. The zero-order valence-corrected chi connectivity index (χ0v) is 15.1. The molecular formula is C19H19F3N4O. The molecule has 3 rings (SSSR count). The second-order valence-electron chi connectivity index (χ2n) is 6.31. The maximum atomic E-state index is 13.6. The van der Waals surface area contributed by atoms with Crippen LogP contribution in [0.2, 0.25) is 0 Å². The second kappa shape index (κ2) is 6.94. The lowest BCUT2D eigenvalue weighted by Gasteiger charge is -2.23. The molecule has 0 aliphatic rings. The van der Waals surface area contributed by atoms with Crippen LogP contribution in [0.4, 0.5) is 23.7 Å². The Kier molecular flexibility index (Phi) is 4.82. The van der Waals surface area contributed by atoms with E-state index in [9.17, 15) is 18.0 Å². The van der Waals surface area contributed by atoms with Crippen LogP contribution in [0.3, 0.4) is 0 Å². The summed E-state index contributed by atoms with van der Waals surface area (Å²) in [6, 6.07) is 9.45. The van der Waals surface area contributed by atoms with Gasteiger partial charge in [-0.05, 0) is 25.3 Å². The Labute approximate surface area is 154 Å². The minimum absolute atomic E-state index is 0.0435. The van der Waals surface area contributed by atoms with Gasteiger partial charge in [-0.3, -0.25) is 4.68 Å². The number of benzene rings is 2. The summed E-state index contributed by atoms with van der Waals surface area (Å²) in [5.74, 6) is 0. The zero-order valence-electron chi connectivity index (χ0n) is 15.1. The van der Waals surface area contributed by atoms with Crippen LogP contribution in [-0.4, -0.2) is 22.0 Å². The number of fused-ring (bicyclic) bond motifs is 1. The van der Waals surface area contributed by atoms with Crippen molar-refractivity contribution in [1.29, 1.82) is 0 Å². The summed E-state index contributed by atoms with van der Waals surface area (Å²) in [7, 11) is 1.56. The molecule has 27 heavy (non-hydrogen) atoms. The van der Waals surface area contributed by atoms with Gasteiger partial charge in [0.05, 0.1) is 11.4 Å². The lowest BCUT2D eigenvalue weighted by atomic mass is 10.0. The van der Waals surface area contributed by atoms with E-state index < -0.39 is 18.2 Å². The number of halogens is 3. The number of aromatic nitrogens is 2. The highest BCUT2D eigenvalue weighted by atomic mass is 19.4. The molecule has 5 nitrogen and oxygen atoms in total. The van der Waals surface area contributed by atoms with Gasteiger partial charge >= 0.3 is 12.2 Å². The van der Waals surface area contributed by atoms with E-state index in [-0.39, 0.29) is 11.3 Å². The fraction of sp³-hybridized carbons (Fsp3) is 0.263. The largest absolute Gasteiger partial charge is 0.413 e. The first-order valence-electron chi connectivity index (χ1n) is 8.30. The van der Waals surface area contributed by atoms with Crippen molar-refractivity contribution in [3.8, 4) is 0 Å². The van der Waals surface area contributed by atoms with Crippen molar-refractivity contribution >= 4 is 22.5 Å². The van der Waals surface area contributed by atoms with Crippen molar-refractivity contribution in [2.45, 2.75) is 26.1 Å². The standard InChI is InChI=1S/C19H19F3N4O/c1-11-16(12(2)26(3)25-11)17(19(20,21)22)24-18(27)23-15-10-6-8-13-7-4-5-9-14(13)15/h4-10,17H,1-3H3,(H2,23,24,27)/t17-/m0/s1. The van der Waals surface area contributed by atoms with E-state index in [0.29, 0.717) is 11.4 Å². The molecule has 0 radical (unpaired) electrons. The monoisotopic (exact) mass is 376 g/mol. The van der Waals surface area contributed by atoms with E-state index in [0.717, 1.165) is 10.8 Å². The fourth-order valence-electron chi connectivity index (χ4n) is 3.15. The highest BCUT2D eigenvalue weighted by Gasteiger charge is 2.44. The van der Waals surface area contributed by atoms with E-state index in [2.05, 4.69) is 15.7 Å². The van der Waals surface area contributed by atoms with Crippen LogP contribution < -0.4 is 10.6 Å². The summed E-state index contributed by atoms with van der Waals surface area (Å²) in [6.45, 7) is 3.03. The van der Waals surface area contributed by atoms with Crippen LogP contribution in [0.5, 0.6) is 0 Å². The third-order valence-electron chi connectivity index (χ3n) is 4.49. The number of carbonyl (C=O) groups excluding carboxylic acids is 1. The van der Waals surface area contributed by atoms with Gasteiger partial charge in [0.25, 0.3) is 0 Å². The summed E-state index contributed by atoms with van der Waals surface area (Å²) >= 11 is 0. The average Bonchev–Trinajstić information content (AvgIpc) is 2.84. The number of nitrogens with one attached hydrogen (secondary N) is 2. The molecule has 0 saturated carbocycles. The summed E-state index contributed by atoms with van der Waals surface area (Å²) in [6.07, 6.45) is -4.66. The van der Waals surface area contributed by atoms with Gasteiger partial charge in [-0.15, -0.1) is 0 Å². The van der Waals surface area contributed by atoms with Crippen molar-refractivity contribution in [1.82, 2.24) is 15.1 Å². The quantitative estimate of drug-likeness (QED) is 0.701. The predicted molar refractivity (Wildman–Crippen MR) is 97.6 cm³/mol. The van der Waals surface area contributed by atoms with E-state index in [4.69, 9.17) is 0 Å². The van der Waals surface area contributed by atoms with Crippen LogP contribution in [-0.2, 0) is 7.05 Å². The molecule has 0 fully saturated rings. The summed E-state index contributed by atoms with van der Waals surface area (Å²) < 4.78 is 42.3. The van der Waals surface area contributed by atoms with Crippen molar-refractivity contribution in [3.63, 3.8) is 0 Å². The Morgan fingerprint density at radius 3 is 2.41 bits per heavy atom. The lowest BCUT2D eigenvalue weighted by Crippen LogP contribution is -2.41. The number of aryl methyl sites for hydroxylation is 2. The molecule has 0 saturated heterocycles. The molecule has 0 spiro atoms. The maximum Gasteiger partial charge on any atom is 0.413 e. The Hall–Kier alpha value is -3.03. The van der Waals surface area contributed by atoms with Crippen LogP contribution in [0.25, 0.3) is 10.8 Å². The molecule has 1 aromatic heterocycles. The number of nitrogens with zero attached hydrogens (tertiary/aromatic N) is 2. The number of hydrogen-bond donors (Lipinski definition) is 2. The van der Waals surface area contributed by atoms with Gasteiger partial charge in [0, 0.05) is 23.7 Å². The van der Waals surface area contributed by atoms with Gasteiger partial charge in [-0.2, -0.15) is 18.3 Å². The number of alkyl halides is 3. The van der Waals surface area contributed by atoms with Crippen LogP contribution in [0.15, 0.2) is 42.5 Å². The number of amides is 2. The van der Waals surface area contributed by atoms with Gasteiger partial charge in [0.2, 0.25) is 0 Å². The summed E-state index contributed by atoms with van der Waals surface area (Å²) in [5.41, 5.74) is 0.965. The number of carbonyl (C=O) groups is 1. The number of anilines is 1. The molecule has 0 bridgehead atoms. The molecule has 1 heterocycles. The van der Waals surface area contributed by atoms with E-state index in [1.54, 1.807) is 38.2 Å². The van der Waals surface area contributed by atoms with Crippen LogP contribution in [0, 0.1) is 13.8 Å². The van der Waals surface area contributed by atoms with E-state index in [1.165, 1.54) is 11.6 Å². The Morgan fingerprint density at radius 2 is 1.78 bits per heavy atom. The van der Waals surface area contributed by atoms with Gasteiger partial charge in [-0.1, -0.05) is 36.4 Å². The van der Waals surface area contributed by atoms with Crippen molar-refractivity contribution in [2.75, 3.05) is 5.32 Å². The molecule has 2 amide bonds. The molecular weight excluding hydrogens is 357 g/mol. The summed E-state index contributed by atoms with van der Waals surface area (Å²) in [4.78, 5) is 12.4. The van der Waals surface area contributed by atoms with Crippen LogP contribution >= 0.6 is 0 Å². The van der Waals surface area contributed by atoms with Gasteiger partial charge in [0.1, 0.15) is 0 Å². The highest BCUT2D eigenvalue weighted by Crippen LogP contribution is 2.36. The molecule has 3 aromatic rings. The van der Waals surface area contributed by atoms with Gasteiger partial charge in [0.15, 0.2) is 6.04 Å². The Balaban J connectivity index is 1.89.